The zero-order valence-electron chi connectivity index (χ0n) is 16.8. The molecule has 0 spiro atoms. The van der Waals surface area contributed by atoms with Gasteiger partial charge in [-0.05, 0) is 54.3 Å². The molecular formula is C25H26N2O2. The number of anilines is 1. The number of aldehydes is 1. The molecule has 0 bridgehead atoms. The third-order valence-corrected chi connectivity index (χ3v) is 6.00. The lowest BCUT2D eigenvalue weighted by atomic mass is 9.82. The van der Waals surface area contributed by atoms with Crippen molar-refractivity contribution in [1.82, 2.24) is 4.98 Å². The maximum absolute atomic E-state index is 10.9. The molecule has 0 radical (unpaired) electrons. The molecule has 148 valence electrons. The smallest absolute Gasteiger partial charge is 0.150 e. The van der Waals surface area contributed by atoms with Gasteiger partial charge in [-0.1, -0.05) is 30.3 Å². The van der Waals surface area contributed by atoms with Crippen LogP contribution >= 0.6 is 0 Å². The van der Waals surface area contributed by atoms with Crippen molar-refractivity contribution < 1.29 is 9.53 Å². The first-order valence-electron chi connectivity index (χ1n) is 10.1. The third kappa shape index (κ3) is 4.22. The molecule has 1 aliphatic rings. The Labute approximate surface area is 172 Å². The Balaban J connectivity index is 1.51. The van der Waals surface area contributed by atoms with Gasteiger partial charge in [0.1, 0.15) is 6.29 Å². The van der Waals surface area contributed by atoms with E-state index in [1.165, 1.54) is 11.1 Å². The molecule has 4 heteroatoms. The molecule has 3 aromatic rings. The summed E-state index contributed by atoms with van der Waals surface area (Å²) in [5.41, 5.74) is 5.37. The summed E-state index contributed by atoms with van der Waals surface area (Å²) in [7, 11) is 1.83. The maximum atomic E-state index is 10.9. The summed E-state index contributed by atoms with van der Waals surface area (Å²) in [6.45, 7) is 1.87. The van der Waals surface area contributed by atoms with Crippen molar-refractivity contribution in [1.29, 1.82) is 0 Å². The molecular weight excluding hydrogens is 360 g/mol. The highest BCUT2D eigenvalue weighted by Crippen LogP contribution is 2.35. The number of benzene rings is 2. The lowest BCUT2D eigenvalue weighted by Gasteiger charge is -2.42. The van der Waals surface area contributed by atoms with Gasteiger partial charge in [0.15, 0.2) is 0 Å². The summed E-state index contributed by atoms with van der Waals surface area (Å²) < 4.78 is 6.11. The number of hydrogen-bond acceptors (Lipinski definition) is 4. The normalized spacial score (nSPS) is 15.8. The Morgan fingerprint density at radius 2 is 1.79 bits per heavy atom. The Morgan fingerprint density at radius 1 is 1.03 bits per heavy atom. The van der Waals surface area contributed by atoms with Gasteiger partial charge < -0.3 is 9.64 Å². The van der Waals surface area contributed by atoms with Gasteiger partial charge in [0, 0.05) is 55.8 Å². The van der Waals surface area contributed by atoms with Crippen molar-refractivity contribution in [2.24, 2.45) is 0 Å². The van der Waals surface area contributed by atoms with E-state index >= 15 is 0 Å². The van der Waals surface area contributed by atoms with Crippen LogP contribution in [-0.4, -0.2) is 37.1 Å². The monoisotopic (exact) mass is 386 g/mol. The van der Waals surface area contributed by atoms with Crippen LogP contribution in [0.2, 0.25) is 0 Å². The molecule has 4 rings (SSSR count). The lowest BCUT2D eigenvalue weighted by molar-refractivity contribution is -0.0288. The molecule has 0 aliphatic carbocycles. The number of rotatable bonds is 6. The Hall–Kier alpha value is -2.98. The summed E-state index contributed by atoms with van der Waals surface area (Å²) in [5, 5.41) is 0. The number of pyridine rings is 1. The molecule has 0 saturated carbocycles. The van der Waals surface area contributed by atoms with Gasteiger partial charge in [-0.25, -0.2) is 0 Å². The molecule has 0 atom stereocenters. The molecule has 1 fully saturated rings. The third-order valence-electron chi connectivity index (χ3n) is 6.00. The topological polar surface area (TPSA) is 42.4 Å². The Bertz CT molecular complexity index is 946. The predicted octanol–water partition coefficient (Wildman–Crippen LogP) is 4.79. The molecule has 2 aromatic carbocycles. The minimum absolute atomic E-state index is 0.169. The van der Waals surface area contributed by atoms with Crippen LogP contribution in [0.3, 0.4) is 0 Å². The zero-order valence-corrected chi connectivity index (χ0v) is 16.8. The van der Waals surface area contributed by atoms with Gasteiger partial charge in [-0.2, -0.15) is 0 Å². The van der Waals surface area contributed by atoms with E-state index in [4.69, 9.17) is 4.74 Å². The fourth-order valence-electron chi connectivity index (χ4n) is 4.21. The van der Waals surface area contributed by atoms with Gasteiger partial charge in [0.2, 0.25) is 0 Å². The zero-order chi connectivity index (χ0) is 20.1. The average molecular weight is 386 g/mol. The number of aromatic nitrogens is 1. The van der Waals surface area contributed by atoms with Crippen LogP contribution < -0.4 is 4.90 Å². The number of methoxy groups -OCH3 is 1. The highest BCUT2D eigenvalue weighted by atomic mass is 16.5. The van der Waals surface area contributed by atoms with Crippen molar-refractivity contribution in [3.63, 3.8) is 0 Å². The fourth-order valence-corrected chi connectivity index (χ4v) is 4.21. The molecule has 4 nitrogen and oxygen atoms in total. The number of piperidine rings is 1. The first kappa shape index (κ1) is 19.3. The van der Waals surface area contributed by atoms with Crippen LogP contribution in [0.1, 0.15) is 28.8 Å². The second-order valence-corrected chi connectivity index (χ2v) is 7.66. The molecule has 29 heavy (non-hydrogen) atoms. The van der Waals surface area contributed by atoms with E-state index < -0.39 is 0 Å². The van der Waals surface area contributed by atoms with Gasteiger partial charge in [-0.15, -0.1) is 0 Å². The van der Waals surface area contributed by atoms with Crippen LogP contribution in [0.5, 0.6) is 0 Å². The van der Waals surface area contributed by atoms with E-state index in [1.807, 2.05) is 43.6 Å². The van der Waals surface area contributed by atoms with Crippen LogP contribution in [0.25, 0.3) is 11.1 Å². The van der Waals surface area contributed by atoms with E-state index in [2.05, 4.69) is 40.2 Å². The van der Waals surface area contributed by atoms with Crippen molar-refractivity contribution in [3.8, 4) is 11.1 Å². The van der Waals surface area contributed by atoms with E-state index in [9.17, 15) is 4.79 Å². The highest BCUT2D eigenvalue weighted by Gasteiger charge is 2.35. The molecule has 1 aliphatic heterocycles. The van der Waals surface area contributed by atoms with Crippen molar-refractivity contribution in [2.75, 3.05) is 25.1 Å². The van der Waals surface area contributed by atoms with Crippen molar-refractivity contribution in [2.45, 2.75) is 24.9 Å². The quantitative estimate of drug-likeness (QED) is 0.571. The first-order chi connectivity index (χ1) is 14.2. The lowest BCUT2D eigenvalue weighted by Crippen LogP contribution is -2.47. The molecule has 1 aromatic heterocycles. The SMILES string of the molecule is COC1(Cc2ccccc2-c2cccnc2)CCN(c2ccc(C=O)cc2)CC1. The van der Waals surface area contributed by atoms with E-state index in [1.54, 1.807) is 6.20 Å². The summed E-state index contributed by atoms with van der Waals surface area (Å²) in [4.78, 5) is 17.5. The largest absolute Gasteiger partial charge is 0.378 e. The van der Waals surface area contributed by atoms with E-state index in [-0.39, 0.29) is 5.60 Å². The molecule has 1 saturated heterocycles. The van der Waals surface area contributed by atoms with Gasteiger partial charge in [0.05, 0.1) is 5.60 Å². The summed E-state index contributed by atoms with van der Waals surface area (Å²) in [5.74, 6) is 0. The fraction of sp³-hybridized carbons (Fsp3) is 0.280. The number of nitrogens with zero attached hydrogens (tertiary/aromatic N) is 2. The number of carbonyl (C=O) groups excluding carboxylic acids is 1. The highest BCUT2D eigenvalue weighted by molar-refractivity contribution is 5.75. The Morgan fingerprint density at radius 3 is 2.45 bits per heavy atom. The number of hydrogen-bond donors (Lipinski definition) is 0. The minimum Gasteiger partial charge on any atom is -0.378 e. The van der Waals surface area contributed by atoms with Crippen molar-refractivity contribution >= 4 is 12.0 Å². The van der Waals surface area contributed by atoms with Crippen LogP contribution in [0.4, 0.5) is 5.69 Å². The second kappa shape index (κ2) is 8.58. The van der Waals surface area contributed by atoms with E-state index in [0.29, 0.717) is 5.56 Å². The van der Waals surface area contributed by atoms with Gasteiger partial charge in [0.25, 0.3) is 0 Å². The Kier molecular flexibility index (Phi) is 5.72. The maximum Gasteiger partial charge on any atom is 0.150 e. The number of ether oxygens (including phenoxy) is 1. The predicted molar refractivity (Wildman–Crippen MR) is 116 cm³/mol. The molecule has 2 heterocycles. The summed E-state index contributed by atoms with van der Waals surface area (Å²) in [6, 6.07) is 20.5. The van der Waals surface area contributed by atoms with Crippen LogP contribution in [0.15, 0.2) is 73.1 Å². The first-order valence-corrected chi connectivity index (χ1v) is 10.1. The molecule has 0 amide bonds. The van der Waals surface area contributed by atoms with Crippen LogP contribution in [0, 0.1) is 0 Å². The van der Waals surface area contributed by atoms with Gasteiger partial charge >= 0.3 is 0 Å². The summed E-state index contributed by atoms with van der Waals surface area (Å²) in [6.07, 6.45) is 7.41. The second-order valence-electron chi connectivity index (χ2n) is 7.66. The van der Waals surface area contributed by atoms with Gasteiger partial charge in [-0.3, -0.25) is 9.78 Å². The summed E-state index contributed by atoms with van der Waals surface area (Å²) >= 11 is 0. The van der Waals surface area contributed by atoms with E-state index in [0.717, 1.165) is 49.9 Å². The minimum atomic E-state index is -0.169. The molecule has 0 unspecified atom stereocenters. The average Bonchev–Trinajstić information content (AvgIpc) is 2.80. The van der Waals surface area contributed by atoms with Crippen molar-refractivity contribution in [3.05, 3.63) is 84.2 Å². The van der Waals surface area contributed by atoms with Crippen LogP contribution in [-0.2, 0) is 11.2 Å². The molecule has 0 N–H and O–H groups in total. The number of carbonyl (C=O) groups is 1. The standard InChI is InChI=1S/C25H26N2O2/c1-29-25(12-15-27(16-13-25)23-10-8-20(19-28)9-11-23)17-21-5-2-3-7-24(21)22-6-4-14-26-18-22/h2-11,14,18-19H,12-13,15-17H2,1H3.